The molecule has 0 spiro atoms. The van der Waals surface area contributed by atoms with Crippen LogP contribution >= 0.6 is 27.3 Å². The minimum Gasteiger partial charge on any atom is -0.288 e. The summed E-state index contributed by atoms with van der Waals surface area (Å²) in [5.74, 6) is -1.95. The van der Waals surface area contributed by atoms with Gasteiger partial charge in [-0.1, -0.05) is 0 Å². The molecule has 0 aliphatic carbocycles. The van der Waals surface area contributed by atoms with Crippen molar-refractivity contribution in [2.45, 2.75) is 13.1 Å². The van der Waals surface area contributed by atoms with Crippen molar-refractivity contribution in [1.29, 1.82) is 0 Å². The first kappa shape index (κ1) is 15.2. The van der Waals surface area contributed by atoms with E-state index < -0.39 is 23.3 Å². The molecule has 106 valence electrons. The highest BCUT2D eigenvalue weighted by atomic mass is 79.9. The first-order valence-electron chi connectivity index (χ1n) is 5.37. The van der Waals surface area contributed by atoms with E-state index in [2.05, 4.69) is 15.9 Å². The fourth-order valence-electron chi connectivity index (χ4n) is 1.60. The molecular formula is C13H7BrF4OS. The second-order valence-corrected chi connectivity index (χ2v) is 6.15. The first-order valence-corrected chi connectivity index (χ1v) is 6.98. The minimum atomic E-state index is -4.83. The number of hydrogen-bond donors (Lipinski definition) is 0. The normalized spacial score (nSPS) is 11.7. The Morgan fingerprint density at radius 1 is 1.25 bits per heavy atom. The molecule has 0 amide bonds. The predicted molar refractivity (Wildman–Crippen MR) is 71.6 cm³/mol. The van der Waals surface area contributed by atoms with Gasteiger partial charge in [-0.25, -0.2) is 4.39 Å². The van der Waals surface area contributed by atoms with Gasteiger partial charge in [0.15, 0.2) is 0 Å². The predicted octanol–water partition coefficient (Wildman–Crippen LogP) is 5.21. The van der Waals surface area contributed by atoms with Gasteiger partial charge in [0.05, 0.1) is 10.4 Å². The molecule has 1 aromatic carbocycles. The number of halogens is 5. The van der Waals surface area contributed by atoms with Crippen LogP contribution in [0.25, 0.3) is 0 Å². The van der Waals surface area contributed by atoms with Crippen LogP contribution in [0.15, 0.2) is 28.7 Å². The third-order valence-electron chi connectivity index (χ3n) is 2.61. The van der Waals surface area contributed by atoms with Gasteiger partial charge in [-0.3, -0.25) is 4.79 Å². The third kappa shape index (κ3) is 2.93. The van der Waals surface area contributed by atoms with E-state index >= 15 is 0 Å². The number of rotatable bonds is 2. The Balaban J connectivity index is 2.46. The summed E-state index contributed by atoms with van der Waals surface area (Å²) in [6, 6.07) is 3.79. The Labute approximate surface area is 124 Å². The zero-order valence-electron chi connectivity index (χ0n) is 10.0. The fraction of sp³-hybridized carbons (Fsp3) is 0.154. The van der Waals surface area contributed by atoms with E-state index in [9.17, 15) is 22.4 Å². The number of hydrogen-bond acceptors (Lipinski definition) is 2. The van der Waals surface area contributed by atoms with Gasteiger partial charge in [-0.05, 0) is 47.1 Å². The summed E-state index contributed by atoms with van der Waals surface area (Å²) in [6.45, 7) is 1.78. The van der Waals surface area contributed by atoms with E-state index in [0.717, 1.165) is 22.3 Å². The zero-order valence-corrected chi connectivity index (χ0v) is 12.4. The highest BCUT2D eigenvalue weighted by molar-refractivity contribution is 9.10. The Morgan fingerprint density at radius 2 is 1.90 bits per heavy atom. The van der Waals surface area contributed by atoms with Gasteiger partial charge in [0.2, 0.25) is 5.78 Å². The number of alkyl halides is 3. The van der Waals surface area contributed by atoms with E-state index in [0.29, 0.717) is 21.5 Å². The van der Waals surface area contributed by atoms with Crippen molar-refractivity contribution < 1.29 is 22.4 Å². The molecule has 0 saturated heterocycles. The standard InChI is InChI=1S/C13H7BrF4OS/c1-6-9(14)5-11(20-6)12(19)7-2-3-10(15)8(4-7)13(16,17)18/h2-5H,1H3. The second-order valence-electron chi connectivity index (χ2n) is 4.04. The maximum Gasteiger partial charge on any atom is 0.419 e. The van der Waals surface area contributed by atoms with Gasteiger partial charge in [0.1, 0.15) is 5.82 Å². The van der Waals surface area contributed by atoms with E-state index in [1.807, 2.05) is 0 Å². The van der Waals surface area contributed by atoms with Crippen LogP contribution in [0.4, 0.5) is 17.6 Å². The summed E-state index contributed by atoms with van der Waals surface area (Å²) in [5, 5.41) is 0. The highest BCUT2D eigenvalue weighted by Crippen LogP contribution is 2.33. The molecule has 0 saturated carbocycles. The lowest BCUT2D eigenvalue weighted by molar-refractivity contribution is -0.140. The van der Waals surface area contributed by atoms with Crippen molar-refractivity contribution in [1.82, 2.24) is 0 Å². The van der Waals surface area contributed by atoms with Crippen LogP contribution < -0.4 is 0 Å². The van der Waals surface area contributed by atoms with E-state index in [-0.39, 0.29) is 5.56 Å². The van der Waals surface area contributed by atoms with Gasteiger partial charge in [0.25, 0.3) is 0 Å². The van der Waals surface area contributed by atoms with Gasteiger partial charge >= 0.3 is 6.18 Å². The van der Waals surface area contributed by atoms with Gasteiger partial charge in [-0.2, -0.15) is 13.2 Å². The quantitative estimate of drug-likeness (QED) is 0.526. The molecule has 0 fully saturated rings. The molecule has 20 heavy (non-hydrogen) atoms. The number of aryl methyl sites for hydroxylation is 1. The summed E-state index contributed by atoms with van der Waals surface area (Å²) in [5.41, 5.74) is -1.62. The molecule has 0 unspecified atom stereocenters. The summed E-state index contributed by atoms with van der Waals surface area (Å²) in [6.07, 6.45) is -4.83. The highest BCUT2D eigenvalue weighted by Gasteiger charge is 2.34. The van der Waals surface area contributed by atoms with Gasteiger partial charge in [-0.15, -0.1) is 11.3 Å². The number of carbonyl (C=O) groups is 1. The monoisotopic (exact) mass is 366 g/mol. The fourth-order valence-corrected chi connectivity index (χ4v) is 3.09. The van der Waals surface area contributed by atoms with Gasteiger partial charge < -0.3 is 0 Å². The van der Waals surface area contributed by atoms with Crippen LogP contribution in [0.1, 0.15) is 25.7 Å². The molecular weight excluding hydrogens is 360 g/mol. The van der Waals surface area contributed by atoms with Crippen LogP contribution in [0.3, 0.4) is 0 Å². The lowest BCUT2D eigenvalue weighted by Gasteiger charge is -2.09. The Kier molecular flexibility index (Phi) is 4.02. The molecule has 0 atom stereocenters. The van der Waals surface area contributed by atoms with Crippen molar-refractivity contribution in [3.8, 4) is 0 Å². The molecule has 1 aromatic heterocycles. The Morgan fingerprint density at radius 3 is 2.40 bits per heavy atom. The smallest absolute Gasteiger partial charge is 0.288 e. The van der Waals surface area contributed by atoms with E-state index in [4.69, 9.17) is 0 Å². The van der Waals surface area contributed by atoms with Crippen molar-refractivity contribution >= 4 is 33.0 Å². The molecule has 0 N–H and O–H groups in total. The molecule has 2 rings (SSSR count). The topological polar surface area (TPSA) is 17.1 Å². The van der Waals surface area contributed by atoms with E-state index in [1.54, 1.807) is 13.0 Å². The average molecular weight is 367 g/mol. The molecule has 1 nitrogen and oxygen atoms in total. The van der Waals surface area contributed by atoms with Crippen LogP contribution in [0.5, 0.6) is 0 Å². The second kappa shape index (κ2) is 5.29. The lowest BCUT2D eigenvalue weighted by atomic mass is 10.1. The SMILES string of the molecule is Cc1sc(C(=O)c2ccc(F)c(C(F)(F)F)c2)cc1Br. The van der Waals surface area contributed by atoms with Crippen LogP contribution in [0.2, 0.25) is 0 Å². The summed E-state index contributed by atoms with van der Waals surface area (Å²) in [7, 11) is 0. The number of carbonyl (C=O) groups excluding carboxylic acids is 1. The van der Waals surface area contributed by atoms with Crippen LogP contribution in [0, 0.1) is 12.7 Å². The number of thiophene rings is 1. The van der Waals surface area contributed by atoms with Crippen LogP contribution in [-0.4, -0.2) is 5.78 Å². The summed E-state index contributed by atoms with van der Waals surface area (Å²) >= 11 is 4.40. The molecule has 0 radical (unpaired) electrons. The first-order chi connectivity index (χ1) is 9.20. The molecule has 0 aliphatic rings. The zero-order chi connectivity index (χ0) is 15.1. The average Bonchev–Trinajstić information content (AvgIpc) is 2.68. The van der Waals surface area contributed by atoms with E-state index in [1.165, 1.54) is 0 Å². The molecule has 1 heterocycles. The maximum absolute atomic E-state index is 13.2. The summed E-state index contributed by atoms with van der Waals surface area (Å²) < 4.78 is 51.7. The van der Waals surface area contributed by atoms with Crippen molar-refractivity contribution in [3.05, 3.63) is 55.4 Å². The van der Waals surface area contributed by atoms with Crippen molar-refractivity contribution in [3.63, 3.8) is 0 Å². The maximum atomic E-state index is 13.2. The number of benzene rings is 1. The van der Waals surface area contributed by atoms with Gasteiger partial charge in [0, 0.05) is 14.9 Å². The Hall–Kier alpha value is -1.21. The van der Waals surface area contributed by atoms with Crippen molar-refractivity contribution in [2.24, 2.45) is 0 Å². The number of ketones is 1. The molecule has 2 aromatic rings. The largest absolute Gasteiger partial charge is 0.419 e. The summed E-state index contributed by atoms with van der Waals surface area (Å²) in [4.78, 5) is 13.2. The third-order valence-corrected chi connectivity index (χ3v) is 4.75. The molecule has 0 aliphatic heterocycles. The van der Waals surface area contributed by atoms with Crippen LogP contribution in [-0.2, 0) is 6.18 Å². The molecule has 7 heteroatoms. The lowest BCUT2D eigenvalue weighted by Crippen LogP contribution is -2.10. The van der Waals surface area contributed by atoms with Crippen molar-refractivity contribution in [2.75, 3.05) is 0 Å². The Bertz CT molecular complexity index is 656. The minimum absolute atomic E-state index is 0.188. The molecule has 0 bridgehead atoms.